The van der Waals surface area contributed by atoms with Crippen molar-refractivity contribution in [3.8, 4) is 0 Å². The van der Waals surface area contributed by atoms with Crippen molar-refractivity contribution >= 4 is 5.97 Å². The fourth-order valence-corrected chi connectivity index (χ4v) is 2.11. The summed E-state index contributed by atoms with van der Waals surface area (Å²) in [6.07, 6.45) is -3.07. The predicted octanol–water partition coefficient (Wildman–Crippen LogP) is 1.84. The summed E-state index contributed by atoms with van der Waals surface area (Å²) >= 11 is 0. The van der Waals surface area contributed by atoms with Gasteiger partial charge in [-0.15, -0.1) is 5.06 Å². The summed E-state index contributed by atoms with van der Waals surface area (Å²) in [7, 11) is 2.86. The number of rotatable bonds is 6. The Labute approximate surface area is 129 Å². The molecule has 0 bridgehead atoms. The molecule has 130 valence electrons. The molecular formula is C14H25F2NO5. The highest BCUT2D eigenvalue weighted by molar-refractivity contribution is 5.75. The molecule has 22 heavy (non-hydrogen) atoms. The van der Waals surface area contributed by atoms with E-state index in [0.717, 1.165) is 0 Å². The lowest BCUT2D eigenvalue weighted by Gasteiger charge is -2.44. The molecule has 1 atom stereocenters. The third-order valence-electron chi connectivity index (χ3n) is 3.51. The topological polar surface area (TPSA) is 57.2 Å². The molecule has 0 aromatic carbocycles. The Morgan fingerprint density at radius 2 is 1.91 bits per heavy atom. The molecule has 1 heterocycles. The van der Waals surface area contributed by atoms with Crippen molar-refractivity contribution in [2.45, 2.75) is 45.5 Å². The Hall–Kier alpha value is -0.830. The number of carbonyl (C=O) groups is 1. The first-order valence-corrected chi connectivity index (χ1v) is 7.12. The molecule has 8 heteroatoms. The van der Waals surface area contributed by atoms with Gasteiger partial charge in [0, 0.05) is 27.2 Å². The first-order chi connectivity index (χ1) is 10.1. The minimum absolute atomic E-state index is 0.0935. The average Bonchev–Trinajstić information content (AvgIpc) is 2.44. The summed E-state index contributed by atoms with van der Waals surface area (Å²) in [5, 5.41) is 1.40. The zero-order valence-electron chi connectivity index (χ0n) is 13.7. The number of halogens is 2. The lowest BCUT2D eigenvalue weighted by Crippen LogP contribution is -2.59. The van der Waals surface area contributed by atoms with Crippen LogP contribution in [0.4, 0.5) is 8.78 Å². The van der Waals surface area contributed by atoms with Crippen LogP contribution in [0.2, 0.25) is 0 Å². The number of methoxy groups -OCH3 is 2. The van der Waals surface area contributed by atoms with Crippen LogP contribution < -0.4 is 0 Å². The van der Waals surface area contributed by atoms with E-state index in [-0.39, 0.29) is 6.54 Å². The van der Waals surface area contributed by atoms with Gasteiger partial charge in [-0.25, -0.2) is 13.6 Å². The summed E-state index contributed by atoms with van der Waals surface area (Å²) in [6, 6.07) is 0. The van der Waals surface area contributed by atoms with Gasteiger partial charge in [-0.1, -0.05) is 0 Å². The molecule has 0 saturated carbocycles. The number of hydroxylamine groups is 2. The number of carbonyl (C=O) groups excluding carboxylic acids is 1. The molecule has 1 aliphatic heterocycles. The van der Waals surface area contributed by atoms with E-state index >= 15 is 0 Å². The molecule has 6 nitrogen and oxygen atoms in total. The molecule has 1 unspecified atom stereocenters. The highest BCUT2D eigenvalue weighted by Crippen LogP contribution is 2.30. The molecule has 1 rings (SSSR count). The van der Waals surface area contributed by atoms with E-state index in [9.17, 15) is 13.6 Å². The van der Waals surface area contributed by atoms with Crippen molar-refractivity contribution in [2.24, 2.45) is 5.41 Å². The van der Waals surface area contributed by atoms with E-state index in [1.165, 1.54) is 19.3 Å². The van der Waals surface area contributed by atoms with Crippen LogP contribution in [0.25, 0.3) is 0 Å². The maximum atomic E-state index is 12.4. The maximum Gasteiger partial charge on any atom is 0.330 e. The quantitative estimate of drug-likeness (QED) is 0.695. The second-order valence-electron chi connectivity index (χ2n) is 6.20. The molecule has 0 aromatic heterocycles. The lowest BCUT2D eigenvalue weighted by molar-refractivity contribution is -0.317. The van der Waals surface area contributed by atoms with Gasteiger partial charge >= 0.3 is 5.97 Å². The number of piperidine rings is 1. The second kappa shape index (κ2) is 7.63. The Kier molecular flexibility index (Phi) is 6.66. The second-order valence-corrected chi connectivity index (χ2v) is 6.20. The molecule has 1 saturated heterocycles. The van der Waals surface area contributed by atoms with Crippen LogP contribution >= 0.6 is 0 Å². The standard InChI is InChI=1S/C14H25F2NO5/c1-13(2,3)12(18)22-17-7-6-14(19-4,20-5)10(8-17)21-9-11(15)16/h10-11H,6-9H2,1-5H3. The summed E-state index contributed by atoms with van der Waals surface area (Å²) in [5.41, 5.74) is -0.656. The molecule has 0 aliphatic carbocycles. The van der Waals surface area contributed by atoms with Crippen LogP contribution in [0, 0.1) is 5.41 Å². The Morgan fingerprint density at radius 1 is 1.32 bits per heavy atom. The third-order valence-corrected chi connectivity index (χ3v) is 3.51. The van der Waals surface area contributed by atoms with Crippen LogP contribution in [-0.2, 0) is 23.8 Å². The molecule has 1 fully saturated rings. The first kappa shape index (κ1) is 19.2. The van der Waals surface area contributed by atoms with Crippen LogP contribution in [-0.4, -0.2) is 63.3 Å². The van der Waals surface area contributed by atoms with Gasteiger partial charge in [-0.3, -0.25) is 0 Å². The maximum absolute atomic E-state index is 12.4. The van der Waals surface area contributed by atoms with E-state index in [1.807, 2.05) is 0 Å². The molecule has 0 aromatic rings. The number of nitrogens with zero attached hydrogens (tertiary/aromatic N) is 1. The van der Waals surface area contributed by atoms with E-state index in [0.29, 0.717) is 13.0 Å². The molecule has 0 amide bonds. The fraction of sp³-hybridized carbons (Fsp3) is 0.929. The SMILES string of the molecule is COC1(OC)CCN(OC(=O)C(C)(C)C)CC1OCC(F)F. The van der Waals surface area contributed by atoms with Crippen molar-refractivity contribution in [3.63, 3.8) is 0 Å². The molecule has 1 aliphatic rings. The minimum atomic E-state index is -2.60. The van der Waals surface area contributed by atoms with Crippen LogP contribution in [0.1, 0.15) is 27.2 Å². The Morgan fingerprint density at radius 3 is 2.36 bits per heavy atom. The molecule has 0 N–H and O–H groups in total. The Balaban J connectivity index is 2.75. The number of ether oxygens (including phenoxy) is 3. The Bertz CT molecular complexity index is 369. The largest absolute Gasteiger partial charge is 0.367 e. The van der Waals surface area contributed by atoms with Crippen molar-refractivity contribution in [1.29, 1.82) is 0 Å². The fourth-order valence-electron chi connectivity index (χ4n) is 2.11. The van der Waals surface area contributed by atoms with Crippen LogP contribution in [0.5, 0.6) is 0 Å². The number of alkyl halides is 2. The monoisotopic (exact) mass is 325 g/mol. The van der Waals surface area contributed by atoms with Crippen LogP contribution in [0.15, 0.2) is 0 Å². The lowest BCUT2D eigenvalue weighted by atomic mass is 9.97. The van der Waals surface area contributed by atoms with Crippen molar-refractivity contribution < 1.29 is 32.6 Å². The van der Waals surface area contributed by atoms with E-state index < -0.39 is 36.3 Å². The van der Waals surface area contributed by atoms with Crippen molar-refractivity contribution in [3.05, 3.63) is 0 Å². The zero-order chi connectivity index (χ0) is 17.0. The number of hydrogen-bond donors (Lipinski definition) is 0. The van der Waals surface area contributed by atoms with Crippen LogP contribution in [0.3, 0.4) is 0 Å². The summed E-state index contributed by atoms with van der Waals surface area (Å²) in [4.78, 5) is 17.2. The highest BCUT2D eigenvalue weighted by atomic mass is 19.3. The summed E-state index contributed by atoms with van der Waals surface area (Å²) in [5.74, 6) is -1.53. The summed E-state index contributed by atoms with van der Waals surface area (Å²) < 4.78 is 40.7. The summed E-state index contributed by atoms with van der Waals surface area (Å²) in [6.45, 7) is 4.92. The van der Waals surface area contributed by atoms with Crippen molar-refractivity contribution in [1.82, 2.24) is 5.06 Å². The van der Waals surface area contributed by atoms with Gasteiger partial charge in [0.1, 0.15) is 12.7 Å². The molecule has 0 spiro atoms. The van der Waals surface area contributed by atoms with Gasteiger partial charge < -0.3 is 19.0 Å². The third kappa shape index (κ3) is 4.84. The van der Waals surface area contributed by atoms with Crippen molar-refractivity contribution in [2.75, 3.05) is 33.9 Å². The van der Waals surface area contributed by atoms with Gasteiger partial charge in [0.15, 0.2) is 5.79 Å². The zero-order valence-corrected chi connectivity index (χ0v) is 13.7. The average molecular weight is 325 g/mol. The molecule has 0 radical (unpaired) electrons. The van der Waals surface area contributed by atoms with Gasteiger partial charge in [-0.2, -0.15) is 0 Å². The van der Waals surface area contributed by atoms with Gasteiger partial charge in [0.2, 0.25) is 0 Å². The van der Waals surface area contributed by atoms with Gasteiger partial charge in [0.25, 0.3) is 6.43 Å². The molecular weight excluding hydrogens is 300 g/mol. The minimum Gasteiger partial charge on any atom is -0.367 e. The van der Waals surface area contributed by atoms with E-state index in [4.69, 9.17) is 19.0 Å². The van der Waals surface area contributed by atoms with Gasteiger partial charge in [0.05, 0.1) is 12.0 Å². The highest BCUT2D eigenvalue weighted by Gasteiger charge is 2.46. The van der Waals surface area contributed by atoms with E-state index in [2.05, 4.69) is 0 Å². The predicted molar refractivity (Wildman–Crippen MR) is 74.2 cm³/mol. The smallest absolute Gasteiger partial charge is 0.330 e. The normalized spacial score (nSPS) is 22.8. The van der Waals surface area contributed by atoms with E-state index in [1.54, 1.807) is 20.8 Å². The first-order valence-electron chi connectivity index (χ1n) is 7.12. The number of hydrogen-bond acceptors (Lipinski definition) is 6. The van der Waals surface area contributed by atoms with Gasteiger partial charge in [-0.05, 0) is 20.8 Å².